The zero-order chi connectivity index (χ0) is 19.0. The number of aromatic nitrogens is 1. The van der Waals surface area contributed by atoms with Gasteiger partial charge in [0, 0.05) is 11.8 Å². The standard InChI is InChI=1S/C14H10F3NO6S/c1-7-10(24-8-3-2-4-18-6-8)5-9(14(15,16)17)11(13(19)20)12(7)25(21,22)23/h2-6H,1H3,(H,19,20)(H,21,22,23). The normalized spacial score (nSPS) is 12.0. The number of rotatable bonds is 4. The van der Waals surface area contributed by atoms with Crippen LogP contribution >= 0.6 is 0 Å². The fourth-order valence-corrected chi connectivity index (χ4v) is 3.07. The molecule has 11 heteroatoms. The maximum absolute atomic E-state index is 13.2. The highest BCUT2D eigenvalue weighted by atomic mass is 32.2. The Balaban J connectivity index is 2.85. The largest absolute Gasteiger partial charge is 0.478 e. The predicted molar refractivity (Wildman–Crippen MR) is 77.3 cm³/mol. The molecule has 0 fully saturated rings. The molecule has 1 aromatic carbocycles. The van der Waals surface area contributed by atoms with E-state index in [1.165, 1.54) is 18.3 Å². The maximum Gasteiger partial charge on any atom is 0.417 e. The first-order valence-corrected chi connectivity index (χ1v) is 7.90. The summed E-state index contributed by atoms with van der Waals surface area (Å²) < 4.78 is 77.1. The van der Waals surface area contributed by atoms with Crippen molar-refractivity contribution in [3.63, 3.8) is 0 Å². The first-order chi connectivity index (χ1) is 11.4. The van der Waals surface area contributed by atoms with Crippen LogP contribution in [0.5, 0.6) is 11.5 Å². The van der Waals surface area contributed by atoms with E-state index in [0.29, 0.717) is 6.07 Å². The number of aromatic carboxylic acids is 1. The molecule has 0 aliphatic rings. The lowest BCUT2D eigenvalue weighted by molar-refractivity contribution is -0.138. The Morgan fingerprint density at radius 1 is 1.32 bits per heavy atom. The van der Waals surface area contributed by atoms with Crippen molar-refractivity contribution in [1.29, 1.82) is 0 Å². The number of carbonyl (C=O) groups is 1. The maximum atomic E-state index is 13.2. The van der Waals surface area contributed by atoms with Gasteiger partial charge in [-0.15, -0.1) is 0 Å². The van der Waals surface area contributed by atoms with E-state index in [1.807, 2.05) is 0 Å². The van der Waals surface area contributed by atoms with Gasteiger partial charge >= 0.3 is 12.1 Å². The van der Waals surface area contributed by atoms with E-state index < -0.39 is 49.6 Å². The molecule has 1 aromatic heterocycles. The summed E-state index contributed by atoms with van der Waals surface area (Å²) in [4.78, 5) is 13.5. The summed E-state index contributed by atoms with van der Waals surface area (Å²) in [5.74, 6) is -2.75. The van der Waals surface area contributed by atoms with Crippen LogP contribution in [-0.2, 0) is 16.3 Å². The molecule has 0 saturated carbocycles. The van der Waals surface area contributed by atoms with E-state index in [0.717, 1.165) is 13.1 Å². The first-order valence-electron chi connectivity index (χ1n) is 6.46. The van der Waals surface area contributed by atoms with E-state index in [-0.39, 0.29) is 5.75 Å². The third-order valence-electron chi connectivity index (χ3n) is 3.12. The molecular formula is C14H10F3NO6S. The quantitative estimate of drug-likeness (QED) is 0.787. The summed E-state index contributed by atoms with van der Waals surface area (Å²) in [6.45, 7) is 1.02. The number of nitrogens with zero attached hydrogens (tertiary/aromatic N) is 1. The van der Waals surface area contributed by atoms with E-state index in [9.17, 15) is 30.9 Å². The SMILES string of the molecule is Cc1c(Oc2cccnc2)cc(C(F)(F)F)c(C(=O)O)c1S(=O)(=O)O. The molecule has 2 N–H and O–H groups in total. The van der Waals surface area contributed by atoms with Gasteiger partial charge in [0.05, 0.1) is 17.3 Å². The van der Waals surface area contributed by atoms with Crippen molar-refractivity contribution in [2.45, 2.75) is 18.0 Å². The topological polar surface area (TPSA) is 114 Å². The molecule has 0 aliphatic carbocycles. The van der Waals surface area contributed by atoms with Crippen LogP contribution in [0.2, 0.25) is 0 Å². The minimum Gasteiger partial charge on any atom is -0.478 e. The average Bonchev–Trinajstić information content (AvgIpc) is 2.47. The molecule has 0 unspecified atom stereocenters. The third kappa shape index (κ3) is 3.88. The Kier molecular flexibility index (Phi) is 4.73. The Morgan fingerprint density at radius 2 is 1.96 bits per heavy atom. The van der Waals surface area contributed by atoms with Gasteiger partial charge in [0.25, 0.3) is 10.1 Å². The van der Waals surface area contributed by atoms with Crippen molar-refractivity contribution < 1.29 is 40.8 Å². The molecule has 0 radical (unpaired) electrons. The van der Waals surface area contributed by atoms with Crippen LogP contribution in [0.15, 0.2) is 35.5 Å². The zero-order valence-corrected chi connectivity index (χ0v) is 13.2. The number of hydrogen-bond donors (Lipinski definition) is 2. The lowest BCUT2D eigenvalue weighted by atomic mass is 10.0. The molecule has 2 aromatic rings. The number of pyridine rings is 1. The lowest BCUT2D eigenvalue weighted by Gasteiger charge is -2.18. The van der Waals surface area contributed by atoms with Crippen LogP contribution in [0, 0.1) is 6.92 Å². The number of carboxylic acids is 1. The molecule has 134 valence electrons. The molecule has 0 saturated heterocycles. The summed E-state index contributed by atoms with van der Waals surface area (Å²) in [6, 6.07) is 3.13. The van der Waals surface area contributed by atoms with Gasteiger partial charge in [-0.1, -0.05) is 0 Å². The van der Waals surface area contributed by atoms with Crippen LogP contribution in [0.4, 0.5) is 13.2 Å². The number of benzene rings is 1. The van der Waals surface area contributed by atoms with Crippen LogP contribution in [-0.4, -0.2) is 29.0 Å². The van der Waals surface area contributed by atoms with E-state index >= 15 is 0 Å². The predicted octanol–water partition coefficient (Wildman–Crippen LogP) is 3.15. The molecule has 1 heterocycles. The van der Waals surface area contributed by atoms with Gasteiger partial charge in [-0.25, -0.2) is 4.79 Å². The number of hydrogen-bond acceptors (Lipinski definition) is 5. The Bertz CT molecular complexity index is 926. The number of halogens is 3. The number of alkyl halides is 3. The van der Waals surface area contributed by atoms with Crippen LogP contribution in [0.3, 0.4) is 0 Å². The van der Waals surface area contributed by atoms with Crippen LogP contribution in [0.25, 0.3) is 0 Å². The van der Waals surface area contributed by atoms with E-state index in [4.69, 9.17) is 9.84 Å². The van der Waals surface area contributed by atoms with Crippen molar-refractivity contribution in [2.24, 2.45) is 0 Å². The van der Waals surface area contributed by atoms with Crippen molar-refractivity contribution in [1.82, 2.24) is 4.98 Å². The summed E-state index contributed by atoms with van der Waals surface area (Å²) in [6.07, 6.45) is -2.67. The molecular weight excluding hydrogens is 367 g/mol. The van der Waals surface area contributed by atoms with Crippen molar-refractivity contribution in [3.8, 4) is 11.5 Å². The lowest BCUT2D eigenvalue weighted by Crippen LogP contribution is -2.19. The third-order valence-corrected chi connectivity index (χ3v) is 4.15. The highest BCUT2D eigenvalue weighted by molar-refractivity contribution is 7.86. The minimum atomic E-state index is -5.28. The van der Waals surface area contributed by atoms with Crippen LogP contribution < -0.4 is 4.74 Å². The second kappa shape index (κ2) is 6.33. The Hall–Kier alpha value is -2.66. The number of ether oxygens (including phenoxy) is 1. The molecule has 0 atom stereocenters. The highest BCUT2D eigenvalue weighted by Crippen LogP contribution is 2.41. The summed E-state index contributed by atoms with van der Waals surface area (Å²) in [5.41, 5.74) is -3.83. The molecule has 25 heavy (non-hydrogen) atoms. The van der Waals surface area contributed by atoms with Crippen molar-refractivity contribution in [3.05, 3.63) is 47.3 Å². The van der Waals surface area contributed by atoms with Crippen LogP contribution in [0.1, 0.15) is 21.5 Å². The van der Waals surface area contributed by atoms with Crippen molar-refractivity contribution in [2.75, 3.05) is 0 Å². The Labute approximate surface area is 139 Å². The average molecular weight is 377 g/mol. The van der Waals surface area contributed by atoms with Gasteiger partial charge in [0.15, 0.2) is 0 Å². The first kappa shape index (κ1) is 18.7. The van der Waals surface area contributed by atoms with Gasteiger partial charge in [-0.05, 0) is 25.1 Å². The second-order valence-corrected chi connectivity index (χ2v) is 6.18. The van der Waals surface area contributed by atoms with Crippen molar-refractivity contribution >= 4 is 16.1 Å². The van der Waals surface area contributed by atoms with Gasteiger partial charge in [-0.2, -0.15) is 21.6 Å². The molecule has 0 amide bonds. The monoisotopic (exact) mass is 377 g/mol. The molecule has 0 aliphatic heterocycles. The number of carboxylic acid groups (broad SMARTS) is 1. The van der Waals surface area contributed by atoms with Gasteiger partial charge in [0.1, 0.15) is 16.4 Å². The summed E-state index contributed by atoms with van der Waals surface area (Å²) in [7, 11) is -5.28. The summed E-state index contributed by atoms with van der Waals surface area (Å²) >= 11 is 0. The smallest absolute Gasteiger partial charge is 0.417 e. The molecule has 7 nitrogen and oxygen atoms in total. The fraction of sp³-hybridized carbons (Fsp3) is 0.143. The van der Waals surface area contributed by atoms with E-state index in [1.54, 1.807) is 0 Å². The fourth-order valence-electron chi connectivity index (χ4n) is 2.13. The van der Waals surface area contributed by atoms with Gasteiger partial charge < -0.3 is 9.84 Å². The molecule has 2 rings (SSSR count). The minimum absolute atomic E-state index is 0.0110. The second-order valence-electron chi connectivity index (χ2n) is 4.82. The Morgan fingerprint density at radius 3 is 2.40 bits per heavy atom. The summed E-state index contributed by atoms with van der Waals surface area (Å²) in [5, 5.41) is 9.05. The highest BCUT2D eigenvalue weighted by Gasteiger charge is 2.41. The zero-order valence-electron chi connectivity index (χ0n) is 12.4. The van der Waals surface area contributed by atoms with Gasteiger partial charge in [-0.3, -0.25) is 9.54 Å². The molecule has 0 spiro atoms. The van der Waals surface area contributed by atoms with E-state index in [2.05, 4.69) is 4.98 Å². The molecule has 0 bridgehead atoms. The van der Waals surface area contributed by atoms with Gasteiger partial charge in [0.2, 0.25) is 0 Å².